The van der Waals surface area contributed by atoms with Gasteiger partial charge in [-0.3, -0.25) is 4.79 Å². The number of fused-ring (bicyclic) bond motifs is 5. The van der Waals surface area contributed by atoms with E-state index in [2.05, 4.69) is 32.9 Å². The van der Waals surface area contributed by atoms with E-state index in [4.69, 9.17) is 0 Å². The maximum absolute atomic E-state index is 11.9. The fourth-order valence-corrected chi connectivity index (χ4v) is 7.00. The van der Waals surface area contributed by atoms with E-state index in [1.807, 2.05) is 0 Å². The summed E-state index contributed by atoms with van der Waals surface area (Å²) in [6, 6.07) is 0. The Kier molecular flexibility index (Phi) is 3.63. The summed E-state index contributed by atoms with van der Waals surface area (Å²) in [6.45, 7) is 7.31. The summed E-state index contributed by atoms with van der Waals surface area (Å²) < 4.78 is 0. The van der Waals surface area contributed by atoms with Crippen LogP contribution in [0, 0.1) is 28.6 Å². The highest BCUT2D eigenvalue weighted by Gasteiger charge is 2.55. The average Bonchev–Trinajstić information content (AvgIpc) is 2.54. The van der Waals surface area contributed by atoms with Crippen molar-refractivity contribution in [1.29, 1.82) is 0 Å². The summed E-state index contributed by atoms with van der Waals surface area (Å²) in [5.41, 5.74) is 4.03. The molecule has 3 saturated carbocycles. The molecule has 0 heterocycles. The van der Waals surface area contributed by atoms with Crippen LogP contribution >= 0.6 is 0 Å². The summed E-state index contributed by atoms with van der Waals surface area (Å²) in [6.07, 6.45) is 15.7. The standard InChI is InChI=1S/C22H32O/c1-4-15-6-5-7-19-18-9-8-16-14-17(23)10-12-22(16,3)20(18)11-13-21(15,19)2/h4,8,18-20H,5-7,9-14H2,1-3H3/b15-4-/t18-,19-,20-,21+,22-/m0/s1. The third kappa shape index (κ3) is 2.14. The lowest BCUT2D eigenvalue weighted by atomic mass is 9.44. The molecule has 0 aliphatic heterocycles. The van der Waals surface area contributed by atoms with E-state index in [1.54, 1.807) is 5.57 Å². The van der Waals surface area contributed by atoms with Gasteiger partial charge < -0.3 is 0 Å². The molecule has 3 fully saturated rings. The van der Waals surface area contributed by atoms with Gasteiger partial charge in [0.1, 0.15) is 5.78 Å². The Bertz CT molecular complexity index is 583. The minimum Gasteiger partial charge on any atom is -0.299 e. The molecule has 0 amide bonds. The minimum absolute atomic E-state index is 0.325. The third-order valence-electron chi connectivity index (χ3n) is 8.37. The van der Waals surface area contributed by atoms with Crippen molar-refractivity contribution in [2.24, 2.45) is 28.6 Å². The van der Waals surface area contributed by atoms with Crippen LogP contribution in [0.25, 0.3) is 0 Å². The lowest BCUT2D eigenvalue weighted by molar-refractivity contribution is -0.122. The first-order valence-electron chi connectivity index (χ1n) is 9.86. The van der Waals surface area contributed by atoms with Crippen LogP contribution in [0.1, 0.15) is 78.6 Å². The number of hydrogen-bond donors (Lipinski definition) is 0. The SMILES string of the molecule is C/C=C1/CCC[C@H]2[C@@H]3CC=C4CC(=O)CC[C@]4(C)[C@H]3CC[C@]12C. The monoisotopic (exact) mass is 312 g/mol. The number of ketones is 1. The van der Waals surface area contributed by atoms with Gasteiger partial charge >= 0.3 is 0 Å². The molecule has 0 radical (unpaired) electrons. The van der Waals surface area contributed by atoms with Gasteiger partial charge in [0.25, 0.3) is 0 Å². The summed E-state index contributed by atoms with van der Waals surface area (Å²) in [5.74, 6) is 3.02. The zero-order valence-corrected chi connectivity index (χ0v) is 15.2. The molecular weight excluding hydrogens is 280 g/mol. The van der Waals surface area contributed by atoms with Crippen LogP contribution in [0.15, 0.2) is 23.3 Å². The molecule has 23 heavy (non-hydrogen) atoms. The Hall–Kier alpha value is -0.850. The van der Waals surface area contributed by atoms with Gasteiger partial charge in [-0.15, -0.1) is 0 Å². The van der Waals surface area contributed by atoms with E-state index in [1.165, 1.54) is 44.1 Å². The van der Waals surface area contributed by atoms with E-state index in [0.717, 1.165) is 37.0 Å². The van der Waals surface area contributed by atoms with E-state index in [-0.39, 0.29) is 0 Å². The van der Waals surface area contributed by atoms with Gasteiger partial charge in [0.05, 0.1) is 0 Å². The highest BCUT2D eigenvalue weighted by molar-refractivity contribution is 5.82. The summed E-state index contributed by atoms with van der Waals surface area (Å²) >= 11 is 0. The molecule has 4 aliphatic rings. The van der Waals surface area contributed by atoms with Crippen molar-refractivity contribution in [1.82, 2.24) is 0 Å². The molecule has 0 N–H and O–H groups in total. The summed E-state index contributed by atoms with van der Waals surface area (Å²) in [7, 11) is 0. The van der Waals surface area contributed by atoms with E-state index < -0.39 is 0 Å². The van der Waals surface area contributed by atoms with Gasteiger partial charge in [0.2, 0.25) is 0 Å². The van der Waals surface area contributed by atoms with Crippen LogP contribution in [-0.2, 0) is 4.79 Å². The van der Waals surface area contributed by atoms with Crippen LogP contribution in [0.4, 0.5) is 0 Å². The zero-order chi connectivity index (χ0) is 16.2. The summed E-state index contributed by atoms with van der Waals surface area (Å²) in [4.78, 5) is 11.9. The molecule has 0 aromatic rings. The first-order chi connectivity index (χ1) is 11.0. The molecule has 0 spiro atoms. The van der Waals surface area contributed by atoms with Crippen LogP contribution in [-0.4, -0.2) is 5.78 Å². The molecule has 1 nitrogen and oxygen atoms in total. The van der Waals surface area contributed by atoms with Gasteiger partial charge in [-0.1, -0.05) is 37.1 Å². The second-order valence-electron chi connectivity index (χ2n) is 9.14. The molecule has 5 atom stereocenters. The largest absolute Gasteiger partial charge is 0.299 e. The predicted octanol–water partition coefficient (Wildman–Crippen LogP) is 5.85. The lowest BCUT2D eigenvalue weighted by Gasteiger charge is -2.60. The molecule has 0 aromatic heterocycles. The van der Waals surface area contributed by atoms with Gasteiger partial charge in [0.15, 0.2) is 0 Å². The van der Waals surface area contributed by atoms with Crippen LogP contribution in [0.3, 0.4) is 0 Å². The minimum atomic E-state index is 0.325. The molecular formula is C22H32O. The Labute approximate surface area is 141 Å². The van der Waals surface area contributed by atoms with Gasteiger partial charge in [-0.05, 0) is 80.5 Å². The van der Waals surface area contributed by atoms with Crippen molar-refractivity contribution < 1.29 is 4.79 Å². The molecule has 1 heteroatoms. The van der Waals surface area contributed by atoms with E-state index in [9.17, 15) is 4.79 Å². The Morgan fingerprint density at radius 3 is 2.65 bits per heavy atom. The second kappa shape index (κ2) is 5.33. The molecule has 0 unspecified atom stereocenters. The number of hydrogen-bond acceptors (Lipinski definition) is 1. The van der Waals surface area contributed by atoms with Gasteiger partial charge in [-0.2, -0.15) is 0 Å². The average molecular weight is 312 g/mol. The van der Waals surface area contributed by atoms with Crippen LogP contribution in [0.2, 0.25) is 0 Å². The number of carbonyl (C=O) groups excluding carboxylic acids is 1. The Morgan fingerprint density at radius 2 is 1.87 bits per heavy atom. The fraction of sp³-hybridized carbons (Fsp3) is 0.773. The molecule has 126 valence electrons. The lowest BCUT2D eigenvalue weighted by Crippen LogP contribution is -2.51. The van der Waals surface area contributed by atoms with Crippen molar-refractivity contribution >= 4 is 5.78 Å². The van der Waals surface area contributed by atoms with Crippen molar-refractivity contribution in [3.8, 4) is 0 Å². The zero-order valence-electron chi connectivity index (χ0n) is 15.2. The van der Waals surface area contributed by atoms with E-state index in [0.29, 0.717) is 16.6 Å². The third-order valence-corrected chi connectivity index (χ3v) is 8.37. The van der Waals surface area contributed by atoms with Gasteiger partial charge in [0, 0.05) is 12.8 Å². The Morgan fingerprint density at radius 1 is 1.09 bits per heavy atom. The van der Waals surface area contributed by atoms with Crippen molar-refractivity contribution in [3.05, 3.63) is 23.3 Å². The number of allylic oxidation sites excluding steroid dienone is 4. The summed E-state index contributed by atoms with van der Waals surface area (Å²) in [5, 5.41) is 0. The first kappa shape index (κ1) is 15.7. The first-order valence-corrected chi connectivity index (χ1v) is 9.86. The van der Waals surface area contributed by atoms with Crippen LogP contribution in [0.5, 0.6) is 0 Å². The molecule has 0 aromatic carbocycles. The highest BCUT2D eigenvalue weighted by Crippen LogP contribution is 2.64. The van der Waals surface area contributed by atoms with Crippen molar-refractivity contribution in [2.75, 3.05) is 0 Å². The van der Waals surface area contributed by atoms with Crippen LogP contribution < -0.4 is 0 Å². The molecule has 4 aliphatic carbocycles. The van der Waals surface area contributed by atoms with Gasteiger partial charge in [-0.25, -0.2) is 0 Å². The van der Waals surface area contributed by atoms with E-state index >= 15 is 0 Å². The van der Waals surface area contributed by atoms with Crippen molar-refractivity contribution in [3.63, 3.8) is 0 Å². The predicted molar refractivity (Wildman–Crippen MR) is 95.1 cm³/mol. The fourth-order valence-electron chi connectivity index (χ4n) is 7.00. The number of rotatable bonds is 0. The maximum Gasteiger partial charge on any atom is 0.136 e. The highest BCUT2D eigenvalue weighted by atomic mass is 16.1. The smallest absolute Gasteiger partial charge is 0.136 e. The topological polar surface area (TPSA) is 17.1 Å². The molecule has 0 bridgehead atoms. The maximum atomic E-state index is 11.9. The number of carbonyl (C=O) groups is 1. The second-order valence-corrected chi connectivity index (χ2v) is 9.14. The molecule has 0 saturated heterocycles. The molecule has 4 rings (SSSR count). The Balaban J connectivity index is 1.70. The van der Waals surface area contributed by atoms with Crippen molar-refractivity contribution in [2.45, 2.75) is 78.6 Å². The quantitative estimate of drug-likeness (QED) is 0.512. The number of Topliss-reactive ketones (excluding diaryl/α,β-unsaturated/α-hetero) is 1. The normalized spacial score (nSPS) is 48.3.